The Bertz CT molecular complexity index is 984. The number of hydrogen-bond acceptors (Lipinski definition) is 7. The van der Waals surface area contributed by atoms with Crippen molar-refractivity contribution in [1.29, 1.82) is 0 Å². The van der Waals surface area contributed by atoms with Crippen molar-refractivity contribution < 1.29 is 9.21 Å². The quantitative estimate of drug-likeness (QED) is 0.698. The fourth-order valence-corrected chi connectivity index (χ4v) is 4.66. The summed E-state index contributed by atoms with van der Waals surface area (Å²) in [6.07, 6.45) is 3.57. The van der Waals surface area contributed by atoms with Crippen LogP contribution in [0.25, 0.3) is 11.5 Å². The maximum atomic E-state index is 12.5. The first-order valence-corrected chi connectivity index (χ1v) is 11.1. The van der Waals surface area contributed by atoms with Crippen LogP contribution in [0.1, 0.15) is 51.0 Å². The van der Waals surface area contributed by atoms with Gasteiger partial charge in [0.05, 0.1) is 5.92 Å². The molecule has 0 radical (unpaired) electrons. The zero-order valence-corrected chi connectivity index (χ0v) is 18.3. The Morgan fingerprint density at radius 3 is 2.55 bits per heavy atom. The van der Waals surface area contributed by atoms with Crippen LogP contribution < -0.4 is 16.1 Å². The Balaban J connectivity index is 1.36. The highest BCUT2D eigenvalue weighted by Gasteiger charge is 2.44. The number of hydrazine groups is 1. The predicted molar refractivity (Wildman–Crippen MR) is 117 cm³/mol. The van der Waals surface area contributed by atoms with E-state index in [0.717, 1.165) is 37.2 Å². The maximum absolute atomic E-state index is 12.5. The van der Waals surface area contributed by atoms with Crippen LogP contribution in [-0.2, 0) is 10.2 Å². The Kier molecular flexibility index (Phi) is 5.06. The summed E-state index contributed by atoms with van der Waals surface area (Å²) in [6.45, 7) is 9.17. The minimum absolute atomic E-state index is 0.0546. The van der Waals surface area contributed by atoms with E-state index in [1.165, 1.54) is 5.56 Å². The van der Waals surface area contributed by atoms with Crippen molar-refractivity contribution in [3.8, 4) is 11.5 Å². The highest BCUT2D eigenvalue weighted by molar-refractivity contribution is 5.89. The molecule has 31 heavy (non-hydrogen) atoms. The molecule has 4 heterocycles. The van der Waals surface area contributed by atoms with Crippen LogP contribution in [0.3, 0.4) is 0 Å². The van der Waals surface area contributed by atoms with Gasteiger partial charge in [-0.25, -0.2) is 5.43 Å². The Morgan fingerprint density at radius 2 is 1.84 bits per heavy atom. The first-order chi connectivity index (χ1) is 14.9. The fraction of sp³-hybridized carbons (Fsp3) is 0.522. The molecule has 164 valence electrons. The molecule has 2 unspecified atom stereocenters. The standard InChI is InChI=1S/C23H30N6O2/c1-23(2,3)16-6-4-15(5-7-16)21-27-28-22(31-21)17-13-25-29-18(12-19(30)26-20(17)29)14-8-10-24-11-9-14/h4-7,12,14,17,20,24-25H,8-11,13H2,1-3H3,(H,26,30). The van der Waals surface area contributed by atoms with Gasteiger partial charge in [-0.1, -0.05) is 32.9 Å². The number of fused-ring (bicyclic) bond motifs is 1. The monoisotopic (exact) mass is 422 g/mol. The molecular weight excluding hydrogens is 392 g/mol. The van der Waals surface area contributed by atoms with Crippen LogP contribution in [0, 0.1) is 5.92 Å². The van der Waals surface area contributed by atoms with Gasteiger partial charge in [-0.2, -0.15) is 0 Å². The molecule has 0 aliphatic carbocycles. The summed E-state index contributed by atoms with van der Waals surface area (Å²) in [5.41, 5.74) is 6.77. The van der Waals surface area contributed by atoms with Crippen molar-refractivity contribution in [1.82, 2.24) is 31.3 Å². The van der Waals surface area contributed by atoms with E-state index in [1.54, 1.807) is 6.08 Å². The summed E-state index contributed by atoms with van der Waals surface area (Å²) in [4.78, 5) is 12.5. The Labute approximate surface area is 182 Å². The fourth-order valence-electron chi connectivity index (χ4n) is 4.66. The third-order valence-corrected chi connectivity index (χ3v) is 6.50. The van der Waals surface area contributed by atoms with Gasteiger partial charge in [0.25, 0.3) is 0 Å². The normalized spacial score (nSPS) is 24.7. The SMILES string of the molecule is CC(C)(C)c1ccc(-c2nnc(C3CNN4C(C5CCNCC5)=CC(=O)NC34)o2)cc1. The summed E-state index contributed by atoms with van der Waals surface area (Å²) in [5, 5.41) is 17.2. The van der Waals surface area contributed by atoms with Crippen LogP contribution in [0.2, 0.25) is 0 Å². The molecule has 8 heteroatoms. The van der Waals surface area contributed by atoms with Crippen LogP contribution in [0.15, 0.2) is 40.5 Å². The Hall–Kier alpha value is -2.71. The van der Waals surface area contributed by atoms with Gasteiger partial charge in [0, 0.05) is 29.8 Å². The number of benzene rings is 1. The number of carbonyl (C=O) groups is 1. The molecule has 5 rings (SSSR count). The molecule has 2 fully saturated rings. The smallest absolute Gasteiger partial charge is 0.247 e. The number of nitrogens with zero attached hydrogens (tertiary/aromatic N) is 3. The lowest BCUT2D eigenvalue weighted by Crippen LogP contribution is -2.53. The molecule has 1 amide bonds. The highest BCUT2D eigenvalue weighted by atomic mass is 16.4. The summed E-state index contributed by atoms with van der Waals surface area (Å²) < 4.78 is 6.07. The maximum Gasteiger partial charge on any atom is 0.247 e. The lowest BCUT2D eigenvalue weighted by Gasteiger charge is -2.38. The number of allylic oxidation sites excluding steroid dienone is 1. The van der Waals surface area contributed by atoms with Crippen LogP contribution in [-0.4, -0.2) is 46.9 Å². The number of piperidine rings is 1. The van der Waals surface area contributed by atoms with Crippen LogP contribution >= 0.6 is 0 Å². The predicted octanol–water partition coefficient (Wildman–Crippen LogP) is 2.28. The summed E-state index contributed by atoms with van der Waals surface area (Å²) in [5.74, 6) is 1.26. The lowest BCUT2D eigenvalue weighted by molar-refractivity contribution is -0.119. The molecule has 8 nitrogen and oxygen atoms in total. The Morgan fingerprint density at radius 1 is 1.10 bits per heavy atom. The molecule has 3 N–H and O–H groups in total. The van der Waals surface area contributed by atoms with Crippen molar-refractivity contribution in [2.75, 3.05) is 19.6 Å². The third kappa shape index (κ3) is 3.85. The number of rotatable bonds is 3. The van der Waals surface area contributed by atoms with E-state index in [4.69, 9.17) is 4.42 Å². The first-order valence-electron chi connectivity index (χ1n) is 11.1. The van der Waals surface area contributed by atoms with Gasteiger partial charge in [-0.3, -0.25) is 9.80 Å². The van der Waals surface area contributed by atoms with E-state index in [2.05, 4.69) is 64.2 Å². The molecule has 1 aromatic heterocycles. The summed E-state index contributed by atoms with van der Waals surface area (Å²) in [7, 11) is 0. The zero-order chi connectivity index (χ0) is 21.6. The van der Waals surface area contributed by atoms with Gasteiger partial charge in [-0.15, -0.1) is 10.2 Å². The molecule has 2 aromatic rings. The molecule has 3 aliphatic rings. The number of carbonyl (C=O) groups excluding carboxylic acids is 1. The van der Waals surface area contributed by atoms with E-state index in [1.807, 2.05) is 12.1 Å². The van der Waals surface area contributed by atoms with Crippen molar-refractivity contribution in [2.45, 2.75) is 51.1 Å². The second kappa shape index (κ2) is 7.76. The van der Waals surface area contributed by atoms with Gasteiger partial charge in [0.1, 0.15) is 6.17 Å². The molecule has 1 aromatic carbocycles. The lowest BCUT2D eigenvalue weighted by atomic mass is 9.87. The largest absolute Gasteiger partial charge is 0.420 e. The summed E-state index contributed by atoms with van der Waals surface area (Å²) >= 11 is 0. The van der Waals surface area contributed by atoms with Gasteiger partial charge >= 0.3 is 0 Å². The van der Waals surface area contributed by atoms with Gasteiger partial charge in [0.15, 0.2) is 0 Å². The van der Waals surface area contributed by atoms with Crippen molar-refractivity contribution in [3.05, 3.63) is 47.5 Å². The molecule has 0 saturated carbocycles. The molecule has 2 saturated heterocycles. The van der Waals surface area contributed by atoms with Gasteiger partial charge < -0.3 is 15.1 Å². The van der Waals surface area contributed by atoms with Gasteiger partial charge in [-0.05, 0) is 49.0 Å². The molecule has 3 aliphatic heterocycles. The second-order valence-electron chi connectivity index (χ2n) is 9.66. The van der Waals surface area contributed by atoms with Crippen LogP contribution in [0.4, 0.5) is 0 Å². The summed E-state index contributed by atoms with van der Waals surface area (Å²) in [6, 6.07) is 8.26. The third-order valence-electron chi connectivity index (χ3n) is 6.50. The molecule has 0 bridgehead atoms. The average Bonchev–Trinajstić information content (AvgIpc) is 3.40. The highest BCUT2D eigenvalue weighted by Crippen LogP contribution is 2.35. The van der Waals surface area contributed by atoms with E-state index in [9.17, 15) is 4.79 Å². The van der Waals surface area contributed by atoms with Gasteiger partial charge in [0.2, 0.25) is 17.7 Å². The molecule has 2 atom stereocenters. The van der Waals surface area contributed by atoms with E-state index in [0.29, 0.717) is 24.2 Å². The second-order valence-corrected chi connectivity index (χ2v) is 9.66. The minimum Gasteiger partial charge on any atom is -0.420 e. The first kappa shape index (κ1) is 20.2. The van der Waals surface area contributed by atoms with Crippen LogP contribution in [0.5, 0.6) is 0 Å². The number of hydrogen-bond donors (Lipinski definition) is 3. The van der Waals surface area contributed by atoms with E-state index < -0.39 is 0 Å². The number of aromatic nitrogens is 2. The van der Waals surface area contributed by atoms with Crippen molar-refractivity contribution in [3.63, 3.8) is 0 Å². The van der Waals surface area contributed by atoms with E-state index in [-0.39, 0.29) is 23.4 Å². The van der Waals surface area contributed by atoms with Crippen molar-refractivity contribution >= 4 is 5.91 Å². The topological polar surface area (TPSA) is 95.3 Å². The minimum atomic E-state index is -0.223. The zero-order valence-electron chi connectivity index (χ0n) is 18.3. The molecular formula is C23H30N6O2. The molecule has 0 spiro atoms. The number of amides is 1. The number of nitrogens with one attached hydrogen (secondary N) is 3. The van der Waals surface area contributed by atoms with Crippen molar-refractivity contribution in [2.24, 2.45) is 5.92 Å². The average molecular weight is 423 g/mol. The van der Waals surface area contributed by atoms with E-state index >= 15 is 0 Å².